The Labute approximate surface area is 127 Å². The molecule has 0 aliphatic carbocycles. The number of benzene rings is 1. The molecule has 2 heterocycles. The van der Waals surface area contributed by atoms with Crippen LogP contribution in [0.1, 0.15) is 58.1 Å². The smallest absolute Gasteiger partial charge is 0.235 e. The van der Waals surface area contributed by atoms with Crippen LogP contribution >= 0.6 is 0 Å². The van der Waals surface area contributed by atoms with Crippen molar-refractivity contribution in [2.24, 2.45) is 0 Å². The molecule has 1 fully saturated rings. The zero-order valence-corrected chi connectivity index (χ0v) is 13.5. The number of hydrogen-bond donors (Lipinski definition) is 1. The molecule has 0 radical (unpaired) electrons. The van der Waals surface area contributed by atoms with Gasteiger partial charge in [-0.25, -0.2) is 0 Å². The average Bonchev–Trinajstić information content (AvgIpc) is 2.70. The van der Waals surface area contributed by atoms with Crippen LogP contribution < -0.4 is 5.32 Å². The lowest BCUT2D eigenvalue weighted by molar-refractivity contribution is -0.126. The minimum atomic E-state index is -0.379. The number of anilines is 1. The highest BCUT2D eigenvalue weighted by atomic mass is 16.5. The van der Waals surface area contributed by atoms with Crippen LogP contribution in [0.3, 0.4) is 0 Å². The van der Waals surface area contributed by atoms with Gasteiger partial charge in [-0.05, 0) is 41.9 Å². The number of carbonyl (C=O) groups excluding carboxylic acids is 1. The molecule has 1 N–H and O–H groups in total. The Kier molecular flexibility index (Phi) is 3.36. The van der Waals surface area contributed by atoms with Crippen molar-refractivity contribution in [2.75, 3.05) is 11.9 Å². The molecule has 1 aromatic rings. The van der Waals surface area contributed by atoms with Crippen molar-refractivity contribution in [3.63, 3.8) is 0 Å². The van der Waals surface area contributed by atoms with E-state index in [2.05, 4.69) is 51.2 Å². The SMILES string of the molecule is CCC1CC2(CCO1)C(=O)Nc1ccc(C(C)(C)C)cc12. The molecule has 21 heavy (non-hydrogen) atoms. The van der Waals surface area contributed by atoms with E-state index in [1.54, 1.807) is 0 Å². The summed E-state index contributed by atoms with van der Waals surface area (Å²) in [7, 11) is 0. The molecule has 2 aliphatic rings. The number of hydrogen-bond acceptors (Lipinski definition) is 2. The fourth-order valence-corrected chi connectivity index (χ4v) is 3.54. The highest BCUT2D eigenvalue weighted by Crippen LogP contribution is 2.47. The second-order valence-electron chi connectivity index (χ2n) is 7.40. The van der Waals surface area contributed by atoms with Crippen molar-refractivity contribution in [3.8, 4) is 0 Å². The topological polar surface area (TPSA) is 38.3 Å². The van der Waals surface area contributed by atoms with Crippen LogP contribution in [-0.4, -0.2) is 18.6 Å². The number of amides is 1. The summed E-state index contributed by atoms with van der Waals surface area (Å²) in [6.45, 7) is 9.44. The predicted molar refractivity (Wildman–Crippen MR) is 84.7 cm³/mol. The lowest BCUT2D eigenvalue weighted by Crippen LogP contribution is -2.43. The van der Waals surface area contributed by atoms with Gasteiger partial charge in [0, 0.05) is 12.3 Å². The number of carbonyl (C=O) groups is 1. The fourth-order valence-electron chi connectivity index (χ4n) is 3.54. The van der Waals surface area contributed by atoms with Gasteiger partial charge in [0.25, 0.3) is 0 Å². The first-order chi connectivity index (χ1) is 9.87. The van der Waals surface area contributed by atoms with E-state index in [9.17, 15) is 4.79 Å². The summed E-state index contributed by atoms with van der Waals surface area (Å²) in [6.07, 6.45) is 2.74. The molecule has 0 aromatic heterocycles. The molecule has 3 rings (SSSR count). The third kappa shape index (κ3) is 2.28. The third-order valence-corrected chi connectivity index (χ3v) is 5.00. The summed E-state index contributed by atoms with van der Waals surface area (Å²) in [4.78, 5) is 12.7. The van der Waals surface area contributed by atoms with Gasteiger partial charge in [-0.1, -0.05) is 39.8 Å². The van der Waals surface area contributed by atoms with Crippen LogP contribution in [-0.2, 0) is 20.4 Å². The first kappa shape index (κ1) is 14.6. The molecule has 3 heteroatoms. The van der Waals surface area contributed by atoms with Crippen LogP contribution in [0.25, 0.3) is 0 Å². The summed E-state index contributed by atoms with van der Waals surface area (Å²) in [5.74, 6) is 0.158. The Morgan fingerprint density at radius 2 is 2.14 bits per heavy atom. The molecule has 1 spiro atoms. The van der Waals surface area contributed by atoms with Gasteiger partial charge in [-0.3, -0.25) is 4.79 Å². The molecule has 1 amide bonds. The summed E-state index contributed by atoms with van der Waals surface area (Å²) >= 11 is 0. The van der Waals surface area contributed by atoms with Gasteiger partial charge in [0.05, 0.1) is 11.5 Å². The van der Waals surface area contributed by atoms with Crippen molar-refractivity contribution >= 4 is 11.6 Å². The van der Waals surface area contributed by atoms with E-state index in [4.69, 9.17) is 4.74 Å². The number of fused-ring (bicyclic) bond motifs is 2. The quantitative estimate of drug-likeness (QED) is 0.854. The van der Waals surface area contributed by atoms with E-state index in [-0.39, 0.29) is 22.8 Å². The minimum Gasteiger partial charge on any atom is -0.378 e. The summed E-state index contributed by atoms with van der Waals surface area (Å²) < 4.78 is 5.79. The average molecular weight is 287 g/mol. The lowest BCUT2D eigenvalue weighted by Gasteiger charge is -2.36. The first-order valence-electron chi connectivity index (χ1n) is 7.95. The van der Waals surface area contributed by atoms with Crippen LogP contribution in [0.2, 0.25) is 0 Å². The Morgan fingerprint density at radius 3 is 2.81 bits per heavy atom. The van der Waals surface area contributed by atoms with Crippen molar-refractivity contribution in [3.05, 3.63) is 29.3 Å². The van der Waals surface area contributed by atoms with Gasteiger partial charge in [0.15, 0.2) is 0 Å². The maximum atomic E-state index is 12.7. The molecule has 3 nitrogen and oxygen atoms in total. The molecule has 114 valence electrons. The summed E-state index contributed by atoms with van der Waals surface area (Å²) in [5.41, 5.74) is 3.18. The van der Waals surface area contributed by atoms with E-state index >= 15 is 0 Å². The van der Waals surface area contributed by atoms with E-state index in [0.717, 1.165) is 24.9 Å². The molecule has 1 aromatic carbocycles. The maximum absolute atomic E-state index is 12.7. The van der Waals surface area contributed by atoms with Gasteiger partial charge in [0.2, 0.25) is 5.91 Å². The molecule has 0 saturated carbocycles. The Bertz CT molecular complexity index is 573. The molecule has 1 saturated heterocycles. The molecule has 2 aliphatic heterocycles. The Morgan fingerprint density at radius 1 is 1.38 bits per heavy atom. The molecular formula is C18H25NO2. The Hall–Kier alpha value is -1.35. The highest BCUT2D eigenvalue weighted by molar-refractivity contribution is 6.06. The molecule has 2 unspecified atom stereocenters. The third-order valence-electron chi connectivity index (χ3n) is 5.00. The normalized spacial score (nSPS) is 28.6. The maximum Gasteiger partial charge on any atom is 0.235 e. The van der Waals surface area contributed by atoms with Gasteiger partial charge in [-0.2, -0.15) is 0 Å². The number of rotatable bonds is 1. The van der Waals surface area contributed by atoms with Gasteiger partial charge in [-0.15, -0.1) is 0 Å². The first-order valence-corrected chi connectivity index (χ1v) is 7.95. The molecule has 0 bridgehead atoms. The second kappa shape index (κ2) is 4.84. The fraction of sp³-hybridized carbons (Fsp3) is 0.611. The summed E-state index contributed by atoms with van der Waals surface area (Å²) in [5, 5.41) is 3.09. The molecule has 2 atom stereocenters. The Balaban J connectivity index is 2.07. The van der Waals surface area contributed by atoms with Crippen LogP contribution in [0.4, 0.5) is 5.69 Å². The summed E-state index contributed by atoms with van der Waals surface area (Å²) in [6, 6.07) is 6.44. The predicted octanol–water partition coefficient (Wildman–Crippen LogP) is 3.76. The van der Waals surface area contributed by atoms with Gasteiger partial charge < -0.3 is 10.1 Å². The number of ether oxygens (including phenoxy) is 1. The zero-order valence-electron chi connectivity index (χ0n) is 13.5. The highest BCUT2D eigenvalue weighted by Gasteiger charge is 2.49. The minimum absolute atomic E-state index is 0.0944. The van der Waals surface area contributed by atoms with Crippen molar-refractivity contribution in [2.45, 2.75) is 63.9 Å². The van der Waals surface area contributed by atoms with Gasteiger partial charge in [0.1, 0.15) is 0 Å². The van der Waals surface area contributed by atoms with Crippen LogP contribution in [0.5, 0.6) is 0 Å². The monoisotopic (exact) mass is 287 g/mol. The van der Waals surface area contributed by atoms with E-state index in [1.165, 1.54) is 11.1 Å². The van der Waals surface area contributed by atoms with Gasteiger partial charge >= 0.3 is 0 Å². The van der Waals surface area contributed by atoms with Crippen molar-refractivity contribution in [1.82, 2.24) is 0 Å². The number of nitrogens with one attached hydrogen (secondary N) is 1. The van der Waals surface area contributed by atoms with E-state index in [0.29, 0.717) is 6.61 Å². The zero-order chi connectivity index (χ0) is 15.3. The van der Waals surface area contributed by atoms with Crippen molar-refractivity contribution in [1.29, 1.82) is 0 Å². The standard InChI is InChI=1S/C18H25NO2/c1-5-13-11-18(8-9-21-13)14-10-12(17(2,3)4)6-7-15(14)19-16(18)20/h6-7,10,13H,5,8-9,11H2,1-4H3,(H,19,20). The molecular weight excluding hydrogens is 262 g/mol. The van der Waals surface area contributed by atoms with Crippen LogP contribution in [0.15, 0.2) is 18.2 Å². The lowest BCUT2D eigenvalue weighted by atomic mass is 9.71. The largest absolute Gasteiger partial charge is 0.378 e. The van der Waals surface area contributed by atoms with Crippen molar-refractivity contribution < 1.29 is 9.53 Å². The van der Waals surface area contributed by atoms with Crippen LogP contribution in [0, 0.1) is 0 Å². The van der Waals surface area contributed by atoms with E-state index < -0.39 is 0 Å². The second-order valence-corrected chi connectivity index (χ2v) is 7.40. The van der Waals surface area contributed by atoms with E-state index in [1.807, 2.05) is 0 Å².